The van der Waals surface area contributed by atoms with Gasteiger partial charge in [-0.3, -0.25) is 0 Å². The molecule has 12 heavy (non-hydrogen) atoms. The maximum absolute atomic E-state index is 9.72. The van der Waals surface area contributed by atoms with Gasteiger partial charge in [0.2, 0.25) is 0 Å². The van der Waals surface area contributed by atoms with Gasteiger partial charge in [0.15, 0.2) is 5.79 Å². The summed E-state index contributed by atoms with van der Waals surface area (Å²) in [6, 6.07) is 0. The summed E-state index contributed by atoms with van der Waals surface area (Å²) in [5, 5.41) is 9.72. The van der Waals surface area contributed by atoms with Crippen molar-refractivity contribution in [2.24, 2.45) is 0 Å². The second-order valence-corrected chi connectivity index (χ2v) is 2.98. The third kappa shape index (κ3) is 1.35. The van der Waals surface area contributed by atoms with Gasteiger partial charge in [0, 0.05) is 27.8 Å². The van der Waals surface area contributed by atoms with Crippen molar-refractivity contribution in [2.75, 3.05) is 21.3 Å². The fraction of sp³-hybridized carbons (Fsp3) is 1.00. The van der Waals surface area contributed by atoms with Gasteiger partial charge in [-0.1, -0.05) is 0 Å². The zero-order valence-electron chi connectivity index (χ0n) is 7.74. The first-order valence-electron chi connectivity index (χ1n) is 4.01. The summed E-state index contributed by atoms with van der Waals surface area (Å²) >= 11 is 0. The molecule has 0 saturated heterocycles. The van der Waals surface area contributed by atoms with Crippen LogP contribution in [-0.4, -0.2) is 44.4 Å². The molecule has 0 bridgehead atoms. The van der Waals surface area contributed by atoms with Crippen LogP contribution in [0.15, 0.2) is 0 Å². The Hall–Kier alpha value is -0.160. The van der Waals surface area contributed by atoms with E-state index in [4.69, 9.17) is 14.2 Å². The molecule has 0 aliphatic heterocycles. The van der Waals surface area contributed by atoms with E-state index in [2.05, 4.69) is 0 Å². The molecule has 0 aromatic rings. The molecule has 4 nitrogen and oxygen atoms in total. The Morgan fingerprint density at radius 2 is 1.83 bits per heavy atom. The third-order valence-electron chi connectivity index (χ3n) is 2.57. The van der Waals surface area contributed by atoms with Crippen molar-refractivity contribution < 1.29 is 19.3 Å². The van der Waals surface area contributed by atoms with Crippen LogP contribution in [0.4, 0.5) is 0 Å². The van der Waals surface area contributed by atoms with Crippen molar-refractivity contribution in [2.45, 2.75) is 30.8 Å². The number of aliphatic hydroxyl groups excluding tert-OH is 1. The zero-order chi connectivity index (χ0) is 9.19. The van der Waals surface area contributed by atoms with Crippen molar-refractivity contribution in [1.29, 1.82) is 0 Å². The molecule has 0 amide bonds. The maximum atomic E-state index is 9.72. The van der Waals surface area contributed by atoms with Gasteiger partial charge >= 0.3 is 0 Å². The lowest BCUT2D eigenvalue weighted by Crippen LogP contribution is -2.45. The molecule has 0 aromatic heterocycles. The van der Waals surface area contributed by atoms with E-state index >= 15 is 0 Å². The minimum atomic E-state index is -0.860. The number of aliphatic hydroxyl groups is 1. The van der Waals surface area contributed by atoms with Crippen LogP contribution in [0.1, 0.15) is 12.8 Å². The number of hydrogen-bond donors (Lipinski definition) is 1. The standard InChI is InChI=1S/C8H16O4/c1-10-6-4-5-8(11-2,12-3)7(6)9/h6-7,9H,4-5H2,1-3H3/t6-,7-/m1/s1. The Labute approximate surface area is 72.4 Å². The SMILES string of the molecule is CO[C@@H]1CCC(OC)(OC)[C@@H]1O. The van der Waals surface area contributed by atoms with Gasteiger partial charge < -0.3 is 19.3 Å². The van der Waals surface area contributed by atoms with E-state index in [9.17, 15) is 5.11 Å². The lowest BCUT2D eigenvalue weighted by atomic mass is 10.2. The number of hydrogen-bond acceptors (Lipinski definition) is 4. The van der Waals surface area contributed by atoms with Gasteiger partial charge in [0.05, 0.1) is 6.10 Å². The van der Waals surface area contributed by atoms with E-state index in [1.165, 1.54) is 14.2 Å². The minimum Gasteiger partial charge on any atom is -0.385 e. The molecule has 0 radical (unpaired) electrons. The molecule has 1 saturated carbocycles. The Morgan fingerprint density at radius 1 is 1.25 bits per heavy atom. The van der Waals surface area contributed by atoms with Crippen LogP contribution in [0.5, 0.6) is 0 Å². The van der Waals surface area contributed by atoms with Gasteiger partial charge in [0.1, 0.15) is 6.10 Å². The maximum Gasteiger partial charge on any atom is 0.196 e. The number of ether oxygens (including phenoxy) is 3. The molecular formula is C8H16O4. The molecule has 1 aliphatic rings. The molecule has 1 fully saturated rings. The van der Waals surface area contributed by atoms with Gasteiger partial charge in [0.25, 0.3) is 0 Å². The lowest BCUT2D eigenvalue weighted by Gasteiger charge is -2.30. The van der Waals surface area contributed by atoms with E-state index in [0.29, 0.717) is 6.42 Å². The first-order valence-corrected chi connectivity index (χ1v) is 4.01. The molecule has 4 heteroatoms. The highest BCUT2D eigenvalue weighted by atomic mass is 16.7. The average Bonchev–Trinajstić information content (AvgIpc) is 2.43. The molecule has 0 unspecified atom stereocenters. The highest BCUT2D eigenvalue weighted by Gasteiger charge is 2.49. The summed E-state index contributed by atoms with van der Waals surface area (Å²) in [4.78, 5) is 0. The van der Waals surface area contributed by atoms with Gasteiger partial charge in [-0.25, -0.2) is 0 Å². The van der Waals surface area contributed by atoms with Crippen LogP contribution in [0.2, 0.25) is 0 Å². The second-order valence-electron chi connectivity index (χ2n) is 2.98. The van der Waals surface area contributed by atoms with Crippen molar-refractivity contribution >= 4 is 0 Å². The van der Waals surface area contributed by atoms with Gasteiger partial charge in [-0.15, -0.1) is 0 Å². The predicted octanol–water partition coefficient (Wildman–Crippen LogP) is 0.145. The van der Waals surface area contributed by atoms with E-state index in [1.807, 2.05) is 0 Å². The Balaban J connectivity index is 2.68. The van der Waals surface area contributed by atoms with Crippen molar-refractivity contribution in [1.82, 2.24) is 0 Å². The van der Waals surface area contributed by atoms with Crippen LogP contribution in [0.25, 0.3) is 0 Å². The molecule has 0 spiro atoms. The summed E-state index contributed by atoms with van der Waals surface area (Å²) < 4.78 is 15.4. The van der Waals surface area contributed by atoms with Crippen LogP contribution in [0.3, 0.4) is 0 Å². The first-order chi connectivity index (χ1) is 5.70. The summed E-state index contributed by atoms with van der Waals surface area (Å²) in [6.45, 7) is 0. The first kappa shape index (κ1) is 9.92. The van der Waals surface area contributed by atoms with Crippen molar-refractivity contribution in [3.05, 3.63) is 0 Å². The molecular weight excluding hydrogens is 160 g/mol. The molecule has 1 N–H and O–H groups in total. The van der Waals surface area contributed by atoms with Gasteiger partial charge in [-0.2, -0.15) is 0 Å². The summed E-state index contributed by atoms with van der Waals surface area (Å²) in [7, 11) is 4.64. The minimum absolute atomic E-state index is 0.176. The fourth-order valence-corrected chi connectivity index (χ4v) is 1.71. The Morgan fingerprint density at radius 3 is 2.08 bits per heavy atom. The average molecular weight is 176 g/mol. The second kappa shape index (κ2) is 3.70. The monoisotopic (exact) mass is 176 g/mol. The largest absolute Gasteiger partial charge is 0.385 e. The summed E-state index contributed by atoms with van der Waals surface area (Å²) in [6.07, 6.45) is 0.557. The Bertz CT molecular complexity index is 144. The van der Waals surface area contributed by atoms with E-state index in [-0.39, 0.29) is 6.10 Å². The van der Waals surface area contributed by atoms with Crippen LogP contribution >= 0.6 is 0 Å². The summed E-state index contributed by atoms with van der Waals surface area (Å²) in [5.41, 5.74) is 0. The predicted molar refractivity (Wildman–Crippen MR) is 42.8 cm³/mol. The summed E-state index contributed by atoms with van der Waals surface area (Å²) in [5.74, 6) is -0.860. The molecule has 0 heterocycles. The highest BCUT2D eigenvalue weighted by Crippen LogP contribution is 2.35. The van der Waals surface area contributed by atoms with E-state index < -0.39 is 11.9 Å². The third-order valence-corrected chi connectivity index (χ3v) is 2.57. The van der Waals surface area contributed by atoms with E-state index in [0.717, 1.165) is 6.42 Å². The zero-order valence-corrected chi connectivity index (χ0v) is 7.74. The number of rotatable bonds is 3. The van der Waals surface area contributed by atoms with E-state index in [1.54, 1.807) is 7.11 Å². The van der Waals surface area contributed by atoms with Crippen molar-refractivity contribution in [3.8, 4) is 0 Å². The molecule has 72 valence electrons. The van der Waals surface area contributed by atoms with Crippen LogP contribution in [-0.2, 0) is 14.2 Å². The lowest BCUT2D eigenvalue weighted by molar-refractivity contribution is -0.255. The molecule has 2 atom stereocenters. The Kier molecular flexibility index (Phi) is 3.06. The van der Waals surface area contributed by atoms with Gasteiger partial charge in [-0.05, 0) is 6.42 Å². The number of methoxy groups -OCH3 is 3. The molecule has 1 aliphatic carbocycles. The smallest absolute Gasteiger partial charge is 0.196 e. The van der Waals surface area contributed by atoms with Crippen LogP contribution < -0.4 is 0 Å². The highest BCUT2D eigenvalue weighted by molar-refractivity contribution is 4.93. The van der Waals surface area contributed by atoms with Crippen LogP contribution in [0, 0.1) is 0 Å². The fourth-order valence-electron chi connectivity index (χ4n) is 1.71. The normalized spacial score (nSPS) is 34.0. The topological polar surface area (TPSA) is 47.9 Å². The van der Waals surface area contributed by atoms with Crippen molar-refractivity contribution in [3.63, 3.8) is 0 Å². The molecule has 1 rings (SSSR count). The molecule has 0 aromatic carbocycles. The quantitative estimate of drug-likeness (QED) is 0.622.